The Kier molecular flexibility index (Phi) is 3.94. The third-order valence-corrected chi connectivity index (χ3v) is 3.51. The van der Waals surface area contributed by atoms with E-state index in [4.69, 9.17) is 0 Å². The number of halogens is 1. The molecule has 1 N–H and O–H groups in total. The zero-order valence-corrected chi connectivity index (χ0v) is 11.0. The fourth-order valence-corrected chi connectivity index (χ4v) is 2.36. The minimum atomic E-state index is -0.640. The van der Waals surface area contributed by atoms with E-state index in [9.17, 15) is 14.5 Å². The molecule has 1 aromatic heterocycles. The van der Waals surface area contributed by atoms with Crippen molar-refractivity contribution in [3.63, 3.8) is 0 Å². The van der Waals surface area contributed by atoms with Crippen molar-refractivity contribution >= 4 is 11.5 Å². The van der Waals surface area contributed by atoms with Crippen molar-refractivity contribution in [2.24, 2.45) is 0 Å². The third kappa shape index (κ3) is 2.81. The number of nitro groups is 1. The van der Waals surface area contributed by atoms with Crippen molar-refractivity contribution in [1.29, 1.82) is 0 Å². The summed E-state index contributed by atoms with van der Waals surface area (Å²) in [7, 11) is 1.78. The molecular formula is C12H17FN4O2. The summed E-state index contributed by atoms with van der Waals surface area (Å²) in [4.78, 5) is 16.0. The second-order valence-electron chi connectivity index (χ2n) is 4.75. The smallest absolute Gasteiger partial charge is 0.293 e. The predicted molar refractivity (Wildman–Crippen MR) is 69.9 cm³/mol. The van der Waals surface area contributed by atoms with Gasteiger partial charge in [0.15, 0.2) is 11.6 Å². The van der Waals surface area contributed by atoms with Crippen molar-refractivity contribution in [1.82, 2.24) is 10.3 Å². The van der Waals surface area contributed by atoms with Gasteiger partial charge in [0, 0.05) is 13.1 Å². The average molecular weight is 268 g/mol. The molecular weight excluding hydrogens is 251 g/mol. The van der Waals surface area contributed by atoms with E-state index in [1.807, 2.05) is 0 Å². The molecule has 1 aromatic rings. The van der Waals surface area contributed by atoms with Crippen LogP contribution in [0.15, 0.2) is 6.07 Å². The van der Waals surface area contributed by atoms with Crippen molar-refractivity contribution < 1.29 is 9.31 Å². The van der Waals surface area contributed by atoms with Crippen molar-refractivity contribution in [3.05, 3.63) is 27.7 Å². The summed E-state index contributed by atoms with van der Waals surface area (Å²) in [6, 6.07) is 1.17. The number of piperidine rings is 1. The highest BCUT2D eigenvalue weighted by atomic mass is 19.1. The molecule has 0 spiro atoms. The Morgan fingerprint density at radius 3 is 2.74 bits per heavy atom. The summed E-state index contributed by atoms with van der Waals surface area (Å²) in [6.45, 7) is 3.31. The second kappa shape index (κ2) is 5.48. The lowest BCUT2D eigenvalue weighted by Crippen LogP contribution is -2.42. The van der Waals surface area contributed by atoms with Crippen LogP contribution in [0.3, 0.4) is 0 Å². The maximum absolute atomic E-state index is 14.0. The molecule has 1 saturated heterocycles. The van der Waals surface area contributed by atoms with Gasteiger partial charge in [-0.25, -0.2) is 9.37 Å². The Morgan fingerprint density at radius 2 is 2.16 bits per heavy atom. The first kappa shape index (κ1) is 13.7. The third-order valence-electron chi connectivity index (χ3n) is 3.51. The zero-order chi connectivity index (χ0) is 14.0. The molecule has 104 valence electrons. The van der Waals surface area contributed by atoms with Gasteiger partial charge < -0.3 is 10.2 Å². The summed E-state index contributed by atoms with van der Waals surface area (Å²) >= 11 is 0. The maximum Gasteiger partial charge on any atom is 0.293 e. The number of rotatable bonds is 3. The van der Waals surface area contributed by atoms with Crippen LogP contribution in [-0.4, -0.2) is 36.1 Å². The Balaban J connectivity index is 2.29. The second-order valence-corrected chi connectivity index (χ2v) is 4.75. The van der Waals surface area contributed by atoms with Crippen LogP contribution in [0.25, 0.3) is 0 Å². The van der Waals surface area contributed by atoms with Crippen LogP contribution in [0.1, 0.15) is 18.5 Å². The average Bonchev–Trinajstić information content (AvgIpc) is 2.41. The molecule has 0 aliphatic carbocycles. The van der Waals surface area contributed by atoms with E-state index >= 15 is 0 Å². The van der Waals surface area contributed by atoms with Gasteiger partial charge in [0.2, 0.25) is 0 Å². The van der Waals surface area contributed by atoms with Crippen molar-refractivity contribution in [2.45, 2.75) is 25.8 Å². The van der Waals surface area contributed by atoms with Crippen LogP contribution in [0.2, 0.25) is 0 Å². The van der Waals surface area contributed by atoms with Crippen molar-refractivity contribution in [2.75, 3.05) is 25.0 Å². The Hall–Kier alpha value is -1.76. The lowest BCUT2D eigenvalue weighted by atomic mass is 10.1. The molecule has 7 heteroatoms. The van der Waals surface area contributed by atoms with Crippen LogP contribution >= 0.6 is 0 Å². The van der Waals surface area contributed by atoms with E-state index in [1.54, 1.807) is 11.9 Å². The lowest BCUT2D eigenvalue weighted by molar-refractivity contribution is -0.385. The van der Waals surface area contributed by atoms with Gasteiger partial charge >= 0.3 is 0 Å². The topological polar surface area (TPSA) is 71.3 Å². The number of nitrogens with zero attached hydrogens (tertiary/aromatic N) is 3. The Labute approximate surface area is 110 Å². The summed E-state index contributed by atoms with van der Waals surface area (Å²) in [5, 5.41) is 14.0. The van der Waals surface area contributed by atoms with Crippen LogP contribution in [0, 0.1) is 22.9 Å². The molecule has 0 radical (unpaired) electrons. The molecule has 6 nitrogen and oxygen atoms in total. The summed E-state index contributed by atoms with van der Waals surface area (Å²) < 4.78 is 14.0. The molecule has 0 saturated carbocycles. The predicted octanol–water partition coefficient (Wildman–Crippen LogP) is 1.63. The van der Waals surface area contributed by atoms with E-state index in [-0.39, 0.29) is 23.2 Å². The number of aryl methyl sites for hydroxylation is 1. The van der Waals surface area contributed by atoms with Crippen LogP contribution in [-0.2, 0) is 0 Å². The Morgan fingerprint density at radius 1 is 1.53 bits per heavy atom. The van der Waals surface area contributed by atoms with E-state index < -0.39 is 10.7 Å². The number of hydrogen-bond acceptors (Lipinski definition) is 5. The molecule has 1 fully saturated rings. The molecule has 1 aliphatic heterocycles. The summed E-state index contributed by atoms with van der Waals surface area (Å²) in [5.41, 5.74) is -0.0397. The highest BCUT2D eigenvalue weighted by Crippen LogP contribution is 2.26. The van der Waals surface area contributed by atoms with Crippen LogP contribution in [0.5, 0.6) is 0 Å². The van der Waals surface area contributed by atoms with E-state index in [0.29, 0.717) is 0 Å². The molecule has 2 heterocycles. The first-order valence-corrected chi connectivity index (χ1v) is 6.25. The van der Waals surface area contributed by atoms with Gasteiger partial charge in [-0.1, -0.05) is 0 Å². The first-order valence-electron chi connectivity index (χ1n) is 6.25. The number of nitrogens with one attached hydrogen (secondary N) is 1. The number of anilines is 1. The van der Waals surface area contributed by atoms with Gasteiger partial charge in [0.1, 0.15) is 5.69 Å². The van der Waals surface area contributed by atoms with Crippen LogP contribution < -0.4 is 10.2 Å². The fraction of sp³-hybridized carbons (Fsp3) is 0.583. The maximum atomic E-state index is 14.0. The van der Waals surface area contributed by atoms with Gasteiger partial charge in [0.25, 0.3) is 5.69 Å². The monoisotopic (exact) mass is 268 g/mol. The highest BCUT2D eigenvalue weighted by molar-refractivity contribution is 5.48. The quantitative estimate of drug-likeness (QED) is 0.666. The first-order chi connectivity index (χ1) is 9.00. The number of aromatic nitrogens is 1. The van der Waals surface area contributed by atoms with Crippen molar-refractivity contribution in [3.8, 4) is 0 Å². The lowest BCUT2D eigenvalue weighted by Gasteiger charge is -2.32. The van der Waals surface area contributed by atoms with Gasteiger partial charge in [-0.2, -0.15) is 0 Å². The molecule has 1 aliphatic rings. The largest absolute Gasteiger partial charge is 0.354 e. The molecule has 0 bridgehead atoms. The van der Waals surface area contributed by atoms with Gasteiger partial charge in [-0.3, -0.25) is 10.1 Å². The van der Waals surface area contributed by atoms with E-state index in [2.05, 4.69) is 10.3 Å². The minimum absolute atomic E-state index is 0.190. The van der Waals surface area contributed by atoms with Gasteiger partial charge in [0.05, 0.1) is 11.0 Å². The normalized spacial score (nSPS) is 16.4. The van der Waals surface area contributed by atoms with Crippen LogP contribution in [0.4, 0.5) is 15.9 Å². The molecule has 0 amide bonds. The van der Waals surface area contributed by atoms with E-state index in [0.717, 1.165) is 32.0 Å². The molecule has 0 aromatic carbocycles. The SMILES string of the molecule is Cc1nc(N(C)C2CCNCC2)c(F)cc1[N+](=O)[O-]. The molecule has 19 heavy (non-hydrogen) atoms. The fourth-order valence-electron chi connectivity index (χ4n) is 2.36. The molecule has 0 unspecified atom stereocenters. The van der Waals surface area contributed by atoms with E-state index in [1.165, 1.54) is 6.92 Å². The molecule has 2 rings (SSSR count). The zero-order valence-electron chi connectivity index (χ0n) is 11.0. The number of pyridine rings is 1. The minimum Gasteiger partial charge on any atom is -0.354 e. The standard InChI is InChI=1S/C12H17FN4O2/c1-8-11(17(18)19)7-10(13)12(15-8)16(2)9-3-5-14-6-4-9/h7,9,14H,3-6H2,1-2H3. The van der Waals surface area contributed by atoms with Gasteiger partial charge in [-0.15, -0.1) is 0 Å². The summed E-state index contributed by atoms with van der Waals surface area (Å²) in [6.07, 6.45) is 1.82. The molecule has 0 atom stereocenters. The summed E-state index contributed by atoms with van der Waals surface area (Å²) in [5.74, 6) is -0.451. The number of hydrogen-bond donors (Lipinski definition) is 1. The van der Waals surface area contributed by atoms with Gasteiger partial charge in [-0.05, 0) is 32.9 Å². The highest BCUT2D eigenvalue weighted by Gasteiger charge is 2.24. The Bertz CT molecular complexity index is 489.